The summed E-state index contributed by atoms with van der Waals surface area (Å²) in [4.78, 5) is 53.7. The average Bonchev–Trinajstić information content (AvgIpc) is 3.18. The number of benzene rings is 2. The minimum Gasteiger partial charge on any atom is -0.494 e. The fraction of sp³-hybridized carbons (Fsp3) is 0.550. The van der Waals surface area contributed by atoms with Gasteiger partial charge in [0.05, 0.1) is 25.9 Å². The number of likely N-dealkylation sites (tertiary alicyclic amines) is 1. The number of esters is 1. The van der Waals surface area contributed by atoms with E-state index in [1.807, 2.05) is 24.3 Å². The molecule has 6 bridgehead atoms. The number of nitrogens with zero attached hydrogens (tertiary/aromatic N) is 4. The lowest BCUT2D eigenvalue weighted by Crippen LogP contribution is -2.51. The molecule has 316 valence electrons. The maximum atomic E-state index is 13.9. The average molecular weight is 816 g/mol. The molecule has 1 fully saturated rings. The lowest BCUT2D eigenvalue weighted by molar-refractivity contribution is -0.154. The first-order chi connectivity index (χ1) is 27.7. The predicted octanol–water partition coefficient (Wildman–Crippen LogP) is 7.20. The normalized spacial score (nSPS) is 16.6. The molecule has 2 amide bonds. The Kier molecular flexibility index (Phi) is 15.2. The van der Waals surface area contributed by atoms with Crippen molar-refractivity contribution < 1.29 is 51.2 Å². The number of fused-ring (bicyclic) bond motifs is 12. The van der Waals surface area contributed by atoms with Crippen molar-refractivity contribution in [2.24, 2.45) is 5.92 Å². The largest absolute Gasteiger partial charge is 0.494 e. The van der Waals surface area contributed by atoms with Crippen LogP contribution in [0.5, 0.6) is 17.5 Å². The van der Waals surface area contributed by atoms with E-state index in [0.717, 1.165) is 43.4 Å². The quantitative estimate of drug-likeness (QED) is 0.213. The van der Waals surface area contributed by atoms with Gasteiger partial charge < -0.3 is 44.5 Å². The van der Waals surface area contributed by atoms with Gasteiger partial charge in [0.1, 0.15) is 23.1 Å². The number of amides is 2. The van der Waals surface area contributed by atoms with Crippen molar-refractivity contribution in [3.8, 4) is 17.5 Å². The summed E-state index contributed by atoms with van der Waals surface area (Å²) in [6, 6.07) is 10.4. The number of ether oxygens (including phenoxy) is 5. The molecule has 0 radical (unpaired) electrons. The van der Waals surface area contributed by atoms with E-state index in [2.05, 4.69) is 30.9 Å². The van der Waals surface area contributed by atoms with Crippen LogP contribution in [0.4, 0.5) is 35.5 Å². The summed E-state index contributed by atoms with van der Waals surface area (Å²) in [6.45, 7) is 5.49. The van der Waals surface area contributed by atoms with Crippen molar-refractivity contribution in [1.29, 1.82) is 0 Å². The zero-order valence-corrected chi connectivity index (χ0v) is 33.3. The molecule has 3 aliphatic heterocycles. The molecule has 6 rings (SSSR count). The van der Waals surface area contributed by atoms with Gasteiger partial charge >= 0.3 is 24.2 Å². The smallest absolute Gasteiger partial charge is 0.422 e. The number of anilines is 3. The molecular formula is C40H52F3N7O8. The molecule has 2 aromatic carbocycles. The lowest BCUT2D eigenvalue weighted by atomic mass is 9.89. The number of carbonyl (C=O) groups excluding carboxylic acids is 3. The Morgan fingerprint density at radius 3 is 2.21 bits per heavy atom. The Morgan fingerprint density at radius 2 is 1.55 bits per heavy atom. The summed E-state index contributed by atoms with van der Waals surface area (Å²) in [7, 11) is 1.24. The number of alkyl halides is 3. The Labute approximate surface area is 335 Å². The monoisotopic (exact) mass is 815 g/mol. The van der Waals surface area contributed by atoms with Gasteiger partial charge in [-0.15, -0.1) is 0 Å². The van der Waals surface area contributed by atoms with Crippen LogP contribution in [0.1, 0.15) is 88.1 Å². The molecule has 1 atom stereocenters. The molecule has 3 aliphatic rings. The van der Waals surface area contributed by atoms with E-state index in [9.17, 15) is 27.6 Å². The number of carbonyl (C=O) groups is 3. The molecule has 0 saturated carbocycles. The van der Waals surface area contributed by atoms with Crippen molar-refractivity contribution in [1.82, 2.24) is 25.2 Å². The SMILES string of the molecule is COC(=O)C(NC(=O)c1ccc2cc1OCCCCCCCCOc1ccc(cc1)CNc1nc(nc(OCC(F)(F)F)n1)N2)C1CCN(C(=O)OC(C)(C)C)CC1. The van der Waals surface area contributed by atoms with Crippen LogP contribution in [0.25, 0.3) is 0 Å². The highest BCUT2D eigenvalue weighted by atomic mass is 19.4. The highest BCUT2D eigenvalue weighted by Gasteiger charge is 2.36. The second kappa shape index (κ2) is 20.2. The van der Waals surface area contributed by atoms with Crippen LogP contribution in [0.2, 0.25) is 0 Å². The topological polar surface area (TPSA) is 175 Å². The van der Waals surface area contributed by atoms with Crippen LogP contribution in [-0.2, 0) is 20.8 Å². The van der Waals surface area contributed by atoms with Crippen LogP contribution >= 0.6 is 0 Å². The van der Waals surface area contributed by atoms with E-state index < -0.39 is 48.4 Å². The highest BCUT2D eigenvalue weighted by Crippen LogP contribution is 2.29. The van der Waals surface area contributed by atoms with Gasteiger partial charge in [0.25, 0.3) is 5.91 Å². The summed E-state index contributed by atoms with van der Waals surface area (Å²) < 4.78 is 66.8. The van der Waals surface area contributed by atoms with Gasteiger partial charge in [-0.1, -0.05) is 37.8 Å². The van der Waals surface area contributed by atoms with Gasteiger partial charge in [-0.05, 0) is 82.2 Å². The number of methoxy groups -OCH3 is 1. The van der Waals surface area contributed by atoms with E-state index in [1.54, 1.807) is 37.8 Å². The molecule has 58 heavy (non-hydrogen) atoms. The third-order valence-corrected chi connectivity index (χ3v) is 9.31. The highest BCUT2D eigenvalue weighted by molar-refractivity contribution is 5.99. The summed E-state index contributed by atoms with van der Waals surface area (Å²) in [5, 5.41) is 8.81. The van der Waals surface area contributed by atoms with Crippen LogP contribution in [0.3, 0.4) is 0 Å². The second-order valence-electron chi connectivity index (χ2n) is 15.1. The Hall–Kier alpha value is -5.55. The number of rotatable bonds is 6. The van der Waals surface area contributed by atoms with Gasteiger partial charge in [0, 0.05) is 31.4 Å². The molecular weight excluding hydrogens is 763 g/mol. The van der Waals surface area contributed by atoms with Gasteiger partial charge in [0.15, 0.2) is 6.61 Å². The number of hydrogen-bond acceptors (Lipinski definition) is 13. The summed E-state index contributed by atoms with van der Waals surface area (Å²) in [5.74, 6) is -0.818. The number of nitrogens with one attached hydrogen (secondary N) is 3. The standard InChI is InChI=1S/C40H52F3N7O8/c1-39(2,3)58-38(53)50-19-17-27(18-20-50)32(34(52)54-4)46-33(51)30-16-13-28-23-31(30)56-22-10-8-6-5-7-9-21-55-29-14-11-26(12-15-29)24-44-35-47-36(45-28)49-37(48-35)57-25-40(41,42)43/h11-16,23,27,32H,5-10,17-22,24-25H2,1-4H3,(H,46,51)(H2,44,45,47,48,49). The molecule has 1 saturated heterocycles. The molecule has 1 aromatic heterocycles. The first kappa shape index (κ1) is 43.6. The number of aromatic nitrogens is 3. The summed E-state index contributed by atoms with van der Waals surface area (Å²) >= 11 is 0. The van der Waals surface area contributed by atoms with Crippen molar-refractivity contribution in [2.75, 3.05) is 50.7 Å². The van der Waals surface area contributed by atoms with E-state index in [0.29, 0.717) is 44.6 Å². The predicted molar refractivity (Wildman–Crippen MR) is 207 cm³/mol. The van der Waals surface area contributed by atoms with E-state index in [1.165, 1.54) is 13.2 Å². The molecule has 3 N–H and O–H groups in total. The molecule has 0 aliphatic carbocycles. The van der Waals surface area contributed by atoms with E-state index in [-0.39, 0.29) is 42.3 Å². The minimum atomic E-state index is -4.63. The van der Waals surface area contributed by atoms with Gasteiger partial charge in [0.2, 0.25) is 11.9 Å². The number of hydrogen-bond donors (Lipinski definition) is 3. The van der Waals surface area contributed by atoms with Crippen LogP contribution in [-0.4, -0.2) is 95.7 Å². The first-order valence-corrected chi connectivity index (χ1v) is 19.5. The first-order valence-electron chi connectivity index (χ1n) is 19.5. The van der Waals surface area contributed by atoms with Crippen molar-refractivity contribution in [3.63, 3.8) is 0 Å². The number of halogens is 3. The third kappa shape index (κ3) is 13.8. The Balaban J connectivity index is 1.38. The maximum Gasteiger partial charge on any atom is 0.422 e. The van der Waals surface area contributed by atoms with Gasteiger partial charge in [-0.3, -0.25) is 4.79 Å². The Bertz CT molecular complexity index is 1830. The molecule has 18 heteroatoms. The fourth-order valence-electron chi connectivity index (χ4n) is 6.36. The lowest BCUT2D eigenvalue weighted by Gasteiger charge is -2.36. The second-order valence-corrected chi connectivity index (χ2v) is 15.1. The van der Waals surface area contributed by atoms with Crippen molar-refractivity contribution in [2.45, 2.75) is 96.5 Å². The van der Waals surface area contributed by atoms with Gasteiger partial charge in [-0.2, -0.15) is 28.1 Å². The van der Waals surface area contributed by atoms with Crippen molar-refractivity contribution in [3.05, 3.63) is 53.6 Å². The van der Waals surface area contributed by atoms with Crippen molar-refractivity contribution >= 4 is 35.6 Å². The van der Waals surface area contributed by atoms with E-state index >= 15 is 0 Å². The summed E-state index contributed by atoms with van der Waals surface area (Å²) in [6.07, 6.45) is 1.24. The molecule has 15 nitrogen and oxygen atoms in total. The van der Waals surface area contributed by atoms with Crippen LogP contribution in [0, 0.1) is 5.92 Å². The molecule has 1 unspecified atom stereocenters. The zero-order chi connectivity index (χ0) is 41.7. The number of piperidine rings is 1. The van der Waals surface area contributed by atoms with Gasteiger partial charge in [-0.25, -0.2) is 9.59 Å². The zero-order valence-electron chi connectivity index (χ0n) is 33.3. The van der Waals surface area contributed by atoms with Crippen LogP contribution < -0.4 is 30.2 Å². The fourth-order valence-corrected chi connectivity index (χ4v) is 6.36. The van der Waals surface area contributed by atoms with Crippen LogP contribution in [0.15, 0.2) is 42.5 Å². The van der Waals surface area contributed by atoms with E-state index in [4.69, 9.17) is 23.7 Å². The molecule has 3 aromatic rings. The third-order valence-electron chi connectivity index (χ3n) is 9.31. The summed E-state index contributed by atoms with van der Waals surface area (Å²) in [5.41, 5.74) is 0.664. The minimum absolute atomic E-state index is 0.0494. The molecule has 0 spiro atoms. The maximum absolute atomic E-state index is 13.9. The molecule has 4 heterocycles. The Morgan fingerprint density at radius 1 is 0.897 bits per heavy atom.